The van der Waals surface area contributed by atoms with Gasteiger partial charge in [-0.15, -0.1) is 0 Å². The van der Waals surface area contributed by atoms with Crippen molar-refractivity contribution >= 4 is 6.02 Å². The lowest BCUT2D eigenvalue weighted by atomic mass is 9.92. The molecule has 4 heteroatoms. The van der Waals surface area contributed by atoms with Crippen LogP contribution in [0.4, 0.5) is 0 Å². The Morgan fingerprint density at radius 2 is 2.07 bits per heavy atom. The van der Waals surface area contributed by atoms with E-state index in [0.29, 0.717) is 12.6 Å². The number of fused-ring (bicyclic) bond motifs is 1. The second-order valence-corrected chi connectivity index (χ2v) is 7.17. The SMILES string of the molecule is CCc1cc(OC[C@@H]2CN3CC=CN=C3O2)ccc1-c1cccc(C)c1C. The summed E-state index contributed by atoms with van der Waals surface area (Å²) in [4.78, 5) is 6.40. The van der Waals surface area contributed by atoms with Gasteiger partial charge in [-0.05, 0) is 66.3 Å². The van der Waals surface area contributed by atoms with Crippen LogP contribution in [0.5, 0.6) is 5.75 Å². The van der Waals surface area contributed by atoms with E-state index in [1.54, 1.807) is 6.20 Å². The summed E-state index contributed by atoms with van der Waals surface area (Å²) in [5.41, 5.74) is 6.56. The standard InChI is InChI=1S/C23H26N2O2/c1-4-18-13-19(9-10-22(18)21-8-5-7-16(2)17(21)3)26-15-20-14-25-12-6-11-24-23(25)27-20/h5-11,13,20H,4,12,14-15H2,1-3H3/t20-/m0/s1. The number of amidine groups is 1. The molecule has 0 bridgehead atoms. The molecule has 2 aromatic rings. The minimum Gasteiger partial charge on any atom is -0.490 e. The van der Waals surface area contributed by atoms with Gasteiger partial charge in [-0.1, -0.05) is 31.2 Å². The van der Waals surface area contributed by atoms with Crippen LogP contribution >= 0.6 is 0 Å². The summed E-state index contributed by atoms with van der Waals surface area (Å²) in [6.07, 6.45) is 4.83. The van der Waals surface area contributed by atoms with Crippen molar-refractivity contribution in [3.8, 4) is 16.9 Å². The molecule has 0 aliphatic carbocycles. The molecular formula is C23H26N2O2. The van der Waals surface area contributed by atoms with Crippen LogP contribution in [0.2, 0.25) is 0 Å². The Balaban J connectivity index is 1.48. The molecule has 0 saturated carbocycles. The number of aryl methyl sites for hydroxylation is 2. The van der Waals surface area contributed by atoms with Gasteiger partial charge < -0.3 is 14.4 Å². The average Bonchev–Trinajstić information content (AvgIpc) is 3.11. The lowest BCUT2D eigenvalue weighted by Crippen LogP contribution is -2.28. The molecule has 4 nitrogen and oxygen atoms in total. The molecule has 4 rings (SSSR count). The highest BCUT2D eigenvalue weighted by molar-refractivity contribution is 5.77. The molecule has 1 fully saturated rings. The molecule has 2 aliphatic rings. The third kappa shape index (κ3) is 3.57. The Hall–Kier alpha value is -2.75. The van der Waals surface area contributed by atoms with Gasteiger partial charge >= 0.3 is 0 Å². The van der Waals surface area contributed by atoms with Gasteiger partial charge in [0.1, 0.15) is 12.4 Å². The molecule has 2 aromatic carbocycles. The number of hydrogen-bond donors (Lipinski definition) is 0. The largest absolute Gasteiger partial charge is 0.490 e. The predicted molar refractivity (Wildman–Crippen MR) is 109 cm³/mol. The minimum atomic E-state index is 0.0208. The second kappa shape index (κ2) is 7.47. The molecule has 0 amide bonds. The fourth-order valence-electron chi connectivity index (χ4n) is 3.67. The summed E-state index contributed by atoms with van der Waals surface area (Å²) in [7, 11) is 0. The van der Waals surface area contributed by atoms with Gasteiger partial charge in [-0.2, -0.15) is 0 Å². The van der Waals surface area contributed by atoms with Crippen LogP contribution in [0.25, 0.3) is 11.1 Å². The molecule has 1 atom stereocenters. The van der Waals surface area contributed by atoms with Crippen LogP contribution in [0.1, 0.15) is 23.6 Å². The zero-order valence-electron chi connectivity index (χ0n) is 16.2. The molecule has 0 N–H and O–H groups in total. The van der Waals surface area contributed by atoms with Crippen molar-refractivity contribution in [2.24, 2.45) is 4.99 Å². The lowest BCUT2D eigenvalue weighted by molar-refractivity contribution is 0.146. The van der Waals surface area contributed by atoms with Crippen molar-refractivity contribution < 1.29 is 9.47 Å². The number of hydrogen-bond acceptors (Lipinski definition) is 4. The smallest absolute Gasteiger partial charge is 0.292 e. The Bertz CT molecular complexity index is 901. The van der Waals surface area contributed by atoms with Crippen molar-refractivity contribution in [3.63, 3.8) is 0 Å². The van der Waals surface area contributed by atoms with Gasteiger partial charge in [0, 0.05) is 12.7 Å². The summed E-state index contributed by atoms with van der Waals surface area (Å²) in [6, 6.07) is 13.6. The normalized spacial score (nSPS) is 18.1. The van der Waals surface area contributed by atoms with Crippen LogP contribution in [0.15, 0.2) is 53.7 Å². The Morgan fingerprint density at radius 3 is 2.89 bits per heavy atom. The van der Waals surface area contributed by atoms with E-state index in [-0.39, 0.29) is 6.10 Å². The van der Waals surface area contributed by atoms with Crippen LogP contribution in [-0.2, 0) is 11.2 Å². The van der Waals surface area contributed by atoms with Gasteiger partial charge in [-0.3, -0.25) is 0 Å². The molecule has 2 aliphatic heterocycles. The topological polar surface area (TPSA) is 34.1 Å². The van der Waals surface area contributed by atoms with E-state index in [1.165, 1.54) is 27.8 Å². The summed E-state index contributed by atoms with van der Waals surface area (Å²) < 4.78 is 11.9. The van der Waals surface area contributed by atoms with E-state index in [4.69, 9.17) is 9.47 Å². The lowest BCUT2D eigenvalue weighted by Gasteiger charge is -2.16. The molecule has 27 heavy (non-hydrogen) atoms. The van der Waals surface area contributed by atoms with E-state index in [9.17, 15) is 0 Å². The van der Waals surface area contributed by atoms with Gasteiger partial charge in [0.25, 0.3) is 6.02 Å². The summed E-state index contributed by atoms with van der Waals surface area (Å²) >= 11 is 0. The maximum atomic E-state index is 6.06. The van der Waals surface area contributed by atoms with Crippen molar-refractivity contribution in [1.82, 2.24) is 4.90 Å². The Kier molecular flexibility index (Phi) is 4.88. The highest BCUT2D eigenvalue weighted by Gasteiger charge is 2.30. The van der Waals surface area contributed by atoms with E-state index < -0.39 is 0 Å². The van der Waals surface area contributed by atoms with Crippen molar-refractivity contribution in [2.45, 2.75) is 33.3 Å². The van der Waals surface area contributed by atoms with E-state index in [0.717, 1.165) is 25.3 Å². The molecule has 0 radical (unpaired) electrons. The Labute approximate surface area is 161 Å². The second-order valence-electron chi connectivity index (χ2n) is 7.17. The molecular weight excluding hydrogens is 336 g/mol. The molecule has 140 valence electrons. The molecule has 2 heterocycles. The van der Waals surface area contributed by atoms with Crippen LogP contribution < -0.4 is 4.74 Å². The van der Waals surface area contributed by atoms with Gasteiger partial charge in [0.15, 0.2) is 6.10 Å². The number of benzene rings is 2. The minimum absolute atomic E-state index is 0.0208. The highest BCUT2D eigenvalue weighted by Crippen LogP contribution is 2.31. The quantitative estimate of drug-likeness (QED) is 0.786. The molecule has 0 spiro atoms. The van der Waals surface area contributed by atoms with E-state index in [1.807, 2.05) is 6.08 Å². The molecule has 1 saturated heterocycles. The zero-order chi connectivity index (χ0) is 18.8. The highest BCUT2D eigenvalue weighted by atomic mass is 16.6. The Morgan fingerprint density at radius 1 is 1.19 bits per heavy atom. The fourth-order valence-corrected chi connectivity index (χ4v) is 3.67. The summed E-state index contributed by atoms with van der Waals surface area (Å²) in [5.74, 6) is 0.898. The van der Waals surface area contributed by atoms with Crippen molar-refractivity contribution in [1.29, 1.82) is 0 Å². The zero-order valence-corrected chi connectivity index (χ0v) is 16.2. The third-order valence-electron chi connectivity index (χ3n) is 5.37. The number of rotatable bonds is 5. The number of nitrogens with zero attached hydrogens (tertiary/aromatic N) is 2. The van der Waals surface area contributed by atoms with E-state index >= 15 is 0 Å². The maximum Gasteiger partial charge on any atom is 0.292 e. The fraction of sp³-hybridized carbons (Fsp3) is 0.348. The predicted octanol–water partition coefficient (Wildman–Crippen LogP) is 4.50. The first-order valence-electron chi connectivity index (χ1n) is 9.62. The van der Waals surface area contributed by atoms with Gasteiger partial charge in [-0.25, -0.2) is 4.99 Å². The molecule has 0 aromatic heterocycles. The van der Waals surface area contributed by atoms with Gasteiger partial charge in [0.05, 0.1) is 6.54 Å². The first-order chi connectivity index (χ1) is 13.2. The summed E-state index contributed by atoms with van der Waals surface area (Å²) in [5, 5.41) is 0. The average molecular weight is 362 g/mol. The van der Waals surface area contributed by atoms with Crippen molar-refractivity contribution in [2.75, 3.05) is 19.7 Å². The van der Waals surface area contributed by atoms with Crippen LogP contribution in [-0.4, -0.2) is 36.7 Å². The molecule has 0 unspecified atom stereocenters. The van der Waals surface area contributed by atoms with Crippen LogP contribution in [0.3, 0.4) is 0 Å². The monoisotopic (exact) mass is 362 g/mol. The first-order valence-corrected chi connectivity index (χ1v) is 9.62. The first kappa shape index (κ1) is 17.7. The number of aliphatic imine (C=N–C) groups is 1. The third-order valence-corrected chi connectivity index (χ3v) is 5.37. The maximum absolute atomic E-state index is 6.06. The van der Waals surface area contributed by atoms with Gasteiger partial charge in [0.2, 0.25) is 0 Å². The van der Waals surface area contributed by atoms with E-state index in [2.05, 4.69) is 67.1 Å². The number of ether oxygens (including phenoxy) is 2. The summed E-state index contributed by atoms with van der Waals surface area (Å²) in [6.45, 7) is 8.76. The van der Waals surface area contributed by atoms with Crippen molar-refractivity contribution in [3.05, 3.63) is 65.4 Å². The van der Waals surface area contributed by atoms with Crippen LogP contribution in [0, 0.1) is 13.8 Å².